The van der Waals surface area contributed by atoms with E-state index < -0.39 is 0 Å². The van der Waals surface area contributed by atoms with Gasteiger partial charge in [-0.25, -0.2) is 0 Å². The van der Waals surface area contributed by atoms with Gasteiger partial charge in [-0.15, -0.1) is 0 Å². The van der Waals surface area contributed by atoms with E-state index in [0.29, 0.717) is 0 Å². The molecule has 0 aliphatic heterocycles. The van der Waals surface area contributed by atoms with Crippen molar-refractivity contribution in [1.29, 1.82) is 0 Å². The minimum absolute atomic E-state index is 1.10. The molecule has 1 heterocycles. The average Bonchev–Trinajstić information content (AvgIpc) is 3.60. The van der Waals surface area contributed by atoms with Crippen molar-refractivity contribution in [3.63, 3.8) is 0 Å². The minimum Gasteiger partial charge on any atom is -0.310 e. The number of hydrogen-bond acceptors (Lipinski definition) is 1. The Morgan fingerprint density at radius 1 is 0.333 bits per heavy atom. The first kappa shape index (κ1) is 31.6. The predicted octanol–water partition coefficient (Wildman–Crippen LogP) is 14.4. The number of hydrogen-bond donors (Lipinski definition) is 0. The Morgan fingerprint density at radius 3 is 1.65 bits per heavy atom. The van der Waals surface area contributed by atoms with Crippen LogP contribution in [-0.4, -0.2) is 4.57 Å². The average molecular weight is 689 g/mol. The van der Waals surface area contributed by atoms with E-state index >= 15 is 0 Å². The molecule has 0 saturated heterocycles. The third kappa shape index (κ3) is 5.53. The molecule has 0 aliphatic carbocycles. The quantitative estimate of drug-likeness (QED) is 0.162. The van der Waals surface area contributed by atoms with Gasteiger partial charge in [-0.2, -0.15) is 0 Å². The first-order chi connectivity index (χ1) is 26.8. The molecule has 0 aliphatic rings. The summed E-state index contributed by atoms with van der Waals surface area (Å²) < 4.78 is 2.39. The first-order valence-electron chi connectivity index (χ1n) is 18.5. The molecule has 0 N–H and O–H groups in total. The molecule has 0 radical (unpaired) electrons. The fraction of sp³-hybridized carbons (Fsp3) is 0. The maximum Gasteiger partial charge on any atom is 0.0547 e. The fourth-order valence-electron chi connectivity index (χ4n) is 8.03. The van der Waals surface area contributed by atoms with Crippen molar-refractivity contribution in [2.45, 2.75) is 0 Å². The summed E-state index contributed by atoms with van der Waals surface area (Å²) in [5.41, 5.74) is 14.1. The zero-order chi connectivity index (χ0) is 35.8. The van der Waals surface area contributed by atoms with Crippen molar-refractivity contribution in [1.82, 2.24) is 4.57 Å². The van der Waals surface area contributed by atoms with Crippen LogP contribution in [0.1, 0.15) is 0 Å². The van der Waals surface area contributed by atoms with Crippen molar-refractivity contribution in [3.05, 3.63) is 218 Å². The van der Waals surface area contributed by atoms with E-state index in [2.05, 4.69) is 228 Å². The normalized spacial score (nSPS) is 11.3. The van der Waals surface area contributed by atoms with E-state index in [1.54, 1.807) is 0 Å². The second-order valence-electron chi connectivity index (χ2n) is 13.8. The van der Waals surface area contributed by atoms with Crippen molar-refractivity contribution in [3.8, 4) is 39.1 Å². The van der Waals surface area contributed by atoms with Crippen molar-refractivity contribution in [2.75, 3.05) is 4.90 Å². The summed E-state index contributed by atoms with van der Waals surface area (Å²) in [6.07, 6.45) is 0. The van der Waals surface area contributed by atoms with Crippen LogP contribution in [0.15, 0.2) is 218 Å². The van der Waals surface area contributed by atoms with E-state index in [0.717, 1.165) is 22.7 Å². The summed E-state index contributed by atoms with van der Waals surface area (Å²) in [5, 5.41) is 5.01. The zero-order valence-electron chi connectivity index (χ0n) is 29.7. The lowest BCUT2D eigenvalue weighted by Gasteiger charge is -2.28. The maximum atomic E-state index is 2.39. The van der Waals surface area contributed by atoms with Crippen LogP contribution in [0.3, 0.4) is 0 Å². The number of nitrogens with zero attached hydrogens (tertiary/aromatic N) is 2. The topological polar surface area (TPSA) is 8.17 Å². The highest BCUT2D eigenvalue weighted by Crippen LogP contribution is 2.45. The Kier molecular flexibility index (Phi) is 7.85. The van der Waals surface area contributed by atoms with Gasteiger partial charge in [-0.3, -0.25) is 0 Å². The number of anilines is 3. The molecule has 0 unspecified atom stereocenters. The summed E-state index contributed by atoms with van der Waals surface area (Å²) in [6, 6.07) is 78.8. The highest BCUT2D eigenvalue weighted by molar-refractivity contribution is 6.17. The molecule has 54 heavy (non-hydrogen) atoms. The lowest BCUT2D eigenvalue weighted by atomic mass is 9.96. The molecule has 1 aromatic heterocycles. The van der Waals surface area contributed by atoms with Crippen LogP contribution in [0.4, 0.5) is 17.1 Å². The van der Waals surface area contributed by atoms with Gasteiger partial charge in [0.05, 0.1) is 16.7 Å². The molecule has 0 atom stereocenters. The number of aromatic nitrogens is 1. The molecule has 0 saturated carbocycles. The van der Waals surface area contributed by atoms with Gasteiger partial charge < -0.3 is 9.47 Å². The van der Waals surface area contributed by atoms with Crippen molar-refractivity contribution < 1.29 is 0 Å². The Bertz CT molecular complexity index is 2910. The van der Waals surface area contributed by atoms with Crippen molar-refractivity contribution in [2.24, 2.45) is 0 Å². The lowest BCUT2D eigenvalue weighted by Crippen LogP contribution is -2.11. The molecule has 0 fully saturated rings. The molecule has 0 spiro atoms. The van der Waals surface area contributed by atoms with E-state index in [9.17, 15) is 0 Å². The van der Waals surface area contributed by atoms with Crippen LogP contribution in [0.25, 0.3) is 71.6 Å². The van der Waals surface area contributed by atoms with Crippen molar-refractivity contribution >= 4 is 49.6 Å². The molecule has 0 bridgehead atoms. The number of rotatable bonds is 7. The monoisotopic (exact) mass is 688 g/mol. The van der Waals surface area contributed by atoms with Gasteiger partial charge in [0.15, 0.2) is 0 Å². The van der Waals surface area contributed by atoms with E-state index in [1.807, 2.05) is 0 Å². The van der Waals surface area contributed by atoms with E-state index in [4.69, 9.17) is 0 Å². The molecule has 10 rings (SSSR count). The summed E-state index contributed by atoms with van der Waals surface area (Å²) in [5.74, 6) is 0. The van der Waals surface area contributed by atoms with Gasteiger partial charge in [0.1, 0.15) is 0 Å². The van der Waals surface area contributed by atoms with Crippen LogP contribution in [0.5, 0.6) is 0 Å². The Labute approximate surface area is 315 Å². The van der Waals surface area contributed by atoms with E-state index in [-0.39, 0.29) is 0 Å². The lowest BCUT2D eigenvalue weighted by molar-refractivity contribution is 1.18. The Morgan fingerprint density at radius 2 is 0.870 bits per heavy atom. The molecule has 2 nitrogen and oxygen atoms in total. The number of fused-ring (bicyclic) bond motifs is 4. The largest absolute Gasteiger partial charge is 0.310 e. The van der Waals surface area contributed by atoms with Gasteiger partial charge in [-0.1, -0.05) is 158 Å². The molecular formula is C52H36N2. The van der Waals surface area contributed by atoms with Crippen LogP contribution >= 0.6 is 0 Å². The van der Waals surface area contributed by atoms with Crippen LogP contribution in [-0.2, 0) is 0 Å². The molecule has 254 valence electrons. The third-order valence-electron chi connectivity index (χ3n) is 10.6. The molecule has 2 heteroatoms. The van der Waals surface area contributed by atoms with Gasteiger partial charge in [0.2, 0.25) is 0 Å². The van der Waals surface area contributed by atoms with Crippen LogP contribution < -0.4 is 4.90 Å². The number of para-hydroxylation sites is 4. The zero-order valence-corrected chi connectivity index (χ0v) is 29.7. The minimum atomic E-state index is 1.10. The summed E-state index contributed by atoms with van der Waals surface area (Å²) in [7, 11) is 0. The summed E-state index contributed by atoms with van der Waals surface area (Å²) in [4.78, 5) is 2.39. The van der Waals surface area contributed by atoms with Gasteiger partial charge >= 0.3 is 0 Å². The smallest absolute Gasteiger partial charge is 0.0547 e. The summed E-state index contributed by atoms with van der Waals surface area (Å²) in [6.45, 7) is 0. The van der Waals surface area contributed by atoms with Crippen LogP contribution in [0.2, 0.25) is 0 Å². The molecular weight excluding hydrogens is 653 g/mol. The first-order valence-corrected chi connectivity index (χ1v) is 18.5. The molecule has 9 aromatic carbocycles. The second kappa shape index (κ2) is 13.4. The van der Waals surface area contributed by atoms with Gasteiger partial charge in [-0.05, 0) is 99.3 Å². The standard InChI is InChI=1S/C52H36N2/c1-3-16-43(17-4-1)53(45-34-32-39(33-35-45)38-26-28-40(29-27-38)42-31-30-37-14-7-8-15-41(37)36-42)49-23-11-9-20-46(49)47-22-13-25-51-52(47)48-21-10-12-24-50(48)54(51)44-18-5-2-6-19-44/h1-36H. The summed E-state index contributed by atoms with van der Waals surface area (Å²) >= 11 is 0. The number of benzene rings is 9. The SMILES string of the molecule is c1ccc(N(c2ccc(-c3ccc(-c4ccc5ccccc5c4)cc3)cc2)c2ccccc2-c2cccc3c2c2ccccc2n3-c2ccccc2)cc1. The van der Waals surface area contributed by atoms with Gasteiger partial charge in [0, 0.05) is 33.4 Å². The third-order valence-corrected chi connectivity index (χ3v) is 10.6. The van der Waals surface area contributed by atoms with E-state index in [1.165, 1.54) is 66.0 Å². The Hall–Kier alpha value is -7.16. The highest BCUT2D eigenvalue weighted by Gasteiger charge is 2.21. The second-order valence-corrected chi connectivity index (χ2v) is 13.8. The van der Waals surface area contributed by atoms with Crippen LogP contribution in [0, 0.1) is 0 Å². The fourth-order valence-corrected chi connectivity index (χ4v) is 8.03. The Balaban J connectivity index is 1.06. The molecule has 10 aromatic rings. The molecule has 0 amide bonds. The van der Waals surface area contributed by atoms with Gasteiger partial charge in [0.25, 0.3) is 0 Å². The maximum absolute atomic E-state index is 2.39. The predicted molar refractivity (Wildman–Crippen MR) is 229 cm³/mol. The highest BCUT2D eigenvalue weighted by atomic mass is 15.1.